The van der Waals surface area contributed by atoms with Crippen LogP contribution in [0, 0.1) is 39.9 Å². The molecule has 0 aliphatic carbocycles. The number of carbonyl (C=O) groups is 2. The molecule has 1 atom stereocenters. The van der Waals surface area contributed by atoms with Gasteiger partial charge in [-0.25, -0.2) is 14.6 Å². The smallest absolute Gasteiger partial charge is 0.250 e. The predicted molar refractivity (Wildman–Crippen MR) is 533 cm³/mol. The lowest BCUT2D eigenvalue weighted by Gasteiger charge is -2.38. The number of benzene rings is 4. The molecule has 9 aromatic rings. The number of nitrogens with zero attached hydrogens (tertiary/aromatic N) is 8. The second-order valence-electron chi connectivity index (χ2n) is 43.2. The number of methoxy groups -OCH3 is 4. The lowest BCUT2D eigenvalue weighted by molar-refractivity contribution is -0.130. The third-order valence-electron chi connectivity index (χ3n) is 21.4. The van der Waals surface area contributed by atoms with Crippen molar-refractivity contribution in [3.05, 3.63) is 247 Å². The number of furan rings is 1. The number of hydrogen-bond acceptors (Lipinski definition) is 14. The Kier molecular flexibility index (Phi) is 45.1. The molecular formula is C108H166N8O10S. The van der Waals surface area contributed by atoms with Crippen LogP contribution >= 0.6 is 11.3 Å². The number of aromatic nitrogens is 6. The molecule has 2 aliphatic rings. The monoisotopic (exact) mass is 1770 g/mol. The number of ether oxygens (including phenoxy) is 5. The third-order valence-corrected chi connectivity index (χ3v) is 22.2. The van der Waals surface area contributed by atoms with Gasteiger partial charge in [0.2, 0.25) is 17.6 Å². The first-order valence-electron chi connectivity index (χ1n) is 45.3. The summed E-state index contributed by atoms with van der Waals surface area (Å²) in [5.41, 5.74) is 11.8. The third kappa shape index (κ3) is 43.6. The topological polar surface area (TPSA) is 188 Å². The van der Waals surface area contributed by atoms with Crippen LogP contribution < -0.4 is 35.0 Å². The molecule has 2 saturated heterocycles. The first-order chi connectivity index (χ1) is 58.7. The fraction of sp³-hybridized carbons (Fsp3) is 0.565. The molecule has 0 N–H and O–H groups in total. The summed E-state index contributed by atoms with van der Waals surface area (Å²) in [5.74, 6) is 6.09. The van der Waals surface area contributed by atoms with Gasteiger partial charge in [-0.05, 0) is 202 Å². The van der Waals surface area contributed by atoms with Crippen LogP contribution in [-0.2, 0) is 75.4 Å². The summed E-state index contributed by atoms with van der Waals surface area (Å²) in [4.78, 5) is 57.9. The van der Waals surface area contributed by atoms with Gasteiger partial charge in [-0.3, -0.25) is 19.2 Å². The second kappa shape index (κ2) is 51.2. The molecule has 0 radical (unpaired) electrons. The van der Waals surface area contributed by atoms with Gasteiger partial charge in [0.15, 0.2) is 11.5 Å². The van der Waals surface area contributed by atoms with Crippen molar-refractivity contribution in [1.82, 2.24) is 33.8 Å². The molecule has 7 heterocycles. The Morgan fingerprint density at radius 1 is 0.575 bits per heavy atom. The normalized spacial score (nSPS) is 13.5. The van der Waals surface area contributed by atoms with Crippen LogP contribution in [0.2, 0.25) is 0 Å². The molecule has 2 amide bonds. The number of hydrogen-bond donors (Lipinski definition) is 0. The molecule has 2 fully saturated rings. The Morgan fingerprint density at radius 2 is 1.12 bits per heavy atom. The second-order valence-corrected chi connectivity index (χ2v) is 44.2. The van der Waals surface area contributed by atoms with Crippen molar-refractivity contribution in [2.75, 3.05) is 59.6 Å². The number of anilines is 1. The van der Waals surface area contributed by atoms with Crippen molar-refractivity contribution in [2.45, 2.75) is 306 Å². The van der Waals surface area contributed by atoms with Crippen LogP contribution in [0.1, 0.15) is 295 Å². The van der Waals surface area contributed by atoms with E-state index >= 15 is 0 Å². The number of para-hydroxylation sites is 1. The summed E-state index contributed by atoms with van der Waals surface area (Å²) in [5, 5.41) is 7.41. The number of rotatable bonds is 16. The zero-order valence-electron chi connectivity index (χ0n) is 85.1. The quantitative estimate of drug-likeness (QED) is 0.0657. The van der Waals surface area contributed by atoms with Gasteiger partial charge >= 0.3 is 0 Å². The Morgan fingerprint density at radius 3 is 1.55 bits per heavy atom. The minimum absolute atomic E-state index is 0.000100. The van der Waals surface area contributed by atoms with Crippen molar-refractivity contribution < 1.29 is 37.7 Å². The Balaban J connectivity index is 0.000000370. The first-order valence-corrected chi connectivity index (χ1v) is 46.1. The molecule has 18 nitrogen and oxygen atoms in total. The zero-order chi connectivity index (χ0) is 96.3. The van der Waals surface area contributed by atoms with Crippen molar-refractivity contribution in [3.8, 4) is 23.0 Å². The van der Waals surface area contributed by atoms with Crippen LogP contribution in [0.3, 0.4) is 0 Å². The molecule has 0 spiro atoms. The standard InChI is InChI=1S/C15H21NO.C14H17NO2.C14H22O3.C13H17N3.C12H18O.C11H21NO.C10H15NO.C10H20O.C9H15NS/c1-15(2,3)12-7-9-13(10-8-12)16-11-5-4-6-14(16)17;1-14(2,3)12-8-7-11(17-12)10-15-9-5-4-6-13(15)16;1-14(2,3)9-10-7-11(15-4)13(17-6)12(8-10)16-5;1-13(2,3)12-6-4-11(5-7-12)8-16-10-14-9-15-16;1-12(2,3)9-10-7-5-6-8-11(10)13-4;1-9(13)12-7-5-10(6-8-12)11(2,3)4;1-10(2,3)8-5-6-11(4)9(12)7-8;1-6-7-8-11-9(2)10(3,4)5;1-7-10-8(6-11-7)5-9(2,3)4/h7-10H,4-6,11H2,1-3H3;4-9H,10H2,1-3H3;7-8H,9H2,1-6H3;4-7,9-10H,8H2,1-3H3;5-8H,9H2,1-4H3;10H,5-8H2,1-4H3;5-7H,1-4H3;6,9H,1,7-8H2,2-5H3;6H,5H2,1-4H3. The number of amides is 2. The highest BCUT2D eigenvalue weighted by Gasteiger charge is 2.30. The molecule has 5 aromatic heterocycles. The van der Waals surface area contributed by atoms with E-state index < -0.39 is 0 Å². The van der Waals surface area contributed by atoms with Gasteiger partial charge in [-0.1, -0.05) is 254 Å². The minimum Gasteiger partial charge on any atom is -0.496 e. The molecule has 19 heteroatoms. The highest BCUT2D eigenvalue weighted by molar-refractivity contribution is 7.09. The van der Waals surface area contributed by atoms with Crippen molar-refractivity contribution in [1.29, 1.82) is 0 Å². The van der Waals surface area contributed by atoms with Gasteiger partial charge in [-0.2, -0.15) is 5.10 Å². The Bertz CT molecular complexity index is 4760. The van der Waals surface area contributed by atoms with Gasteiger partial charge < -0.3 is 47.0 Å². The molecule has 0 bridgehead atoms. The molecule has 127 heavy (non-hydrogen) atoms. The minimum atomic E-state index is -0.0128. The maximum absolute atomic E-state index is 11.8. The van der Waals surface area contributed by atoms with E-state index in [9.17, 15) is 19.2 Å². The molecule has 0 saturated carbocycles. The molecule has 704 valence electrons. The molecule has 2 aliphatic heterocycles. The number of piperidine rings is 2. The van der Waals surface area contributed by atoms with E-state index in [4.69, 9.17) is 28.1 Å². The van der Waals surface area contributed by atoms with E-state index in [1.54, 1.807) is 99.9 Å². The maximum Gasteiger partial charge on any atom is 0.250 e. The van der Waals surface area contributed by atoms with Crippen molar-refractivity contribution in [3.63, 3.8) is 0 Å². The van der Waals surface area contributed by atoms with Gasteiger partial charge in [0.1, 0.15) is 29.9 Å². The zero-order valence-corrected chi connectivity index (χ0v) is 85.9. The largest absolute Gasteiger partial charge is 0.496 e. The highest BCUT2D eigenvalue weighted by Crippen LogP contribution is 2.40. The predicted octanol–water partition coefficient (Wildman–Crippen LogP) is 25.5. The number of aryl methyl sites for hydroxylation is 2. The first kappa shape index (κ1) is 112. The average Bonchev–Trinajstić information content (AvgIpc) is 1.62. The van der Waals surface area contributed by atoms with Crippen LogP contribution in [0.25, 0.3) is 0 Å². The average molecular weight is 1770 g/mol. The maximum atomic E-state index is 11.8. The Hall–Kier alpha value is -9.33. The van der Waals surface area contributed by atoms with Crippen LogP contribution in [0.15, 0.2) is 184 Å². The summed E-state index contributed by atoms with van der Waals surface area (Å²) in [6, 6.07) is 42.0. The van der Waals surface area contributed by atoms with Gasteiger partial charge in [0.05, 0.1) is 64.9 Å². The summed E-state index contributed by atoms with van der Waals surface area (Å²) in [7, 11) is 8.37. The fourth-order valence-electron chi connectivity index (χ4n) is 13.4. The highest BCUT2D eigenvalue weighted by atomic mass is 32.1. The molecule has 11 rings (SSSR count). The fourth-order valence-corrected chi connectivity index (χ4v) is 14.0. The van der Waals surface area contributed by atoms with E-state index in [0.29, 0.717) is 52.6 Å². The number of likely N-dealkylation sites (tertiary alicyclic amines) is 1. The van der Waals surface area contributed by atoms with Crippen LogP contribution in [-0.4, -0.2) is 106 Å². The van der Waals surface area contributed by atoms with Gasteiger partial charge in [0, 0.05) is 81.0 Å². The lowest BCUT2D eigenvalue weighted by atomic mass is 9.75. The number of pyridine rings is 2. The molecule has 4 aromatic carbocycles. The number of thiazole rings is 1. The Labute approximate surface area is 771 Å². The van der Waals surface area contributed by atoms with E-state index in [0.717, 1.165) is 106 Å². The summed E-state index contributed by atoms with van der Waals surface area (Å²) in [6.45, 7) is 73.7. The lowest BCUT2D eigenvalue weighted by Crippen LogP contribution is -2.40. The van der Waals surface area contributed by atoms with E-state index in [1.807, 2.05) is 75.3 Å². The number of carbonyl (C=O) groups excluding carboxylic acids is 2. The van der Waals surface area contributed by atoms with Crippen molar-refractivity contribution >= 4 is 28.8 Å². The SMILES string of the molecule is C=CCCOC(C)C(C)(C)C.CC(=O)N1CCC(C(C)(C)C)CC1.CC(C)(C)c1ccc(Cn2ccccc2=O)o1.CC(C)(C)c1ccc(Cn2cncn2)cc1.CC(C)(C)c1ccc(N2CCCCC2=O)cc1.COc1cc(CC(C)(C)C)cc(OC)c1OC.COc1ccccc1CC(C)(C)C.Cc1nc(CC(C)(C)C)cs1.Cn1ccc(C(C)(C)C)cc1=O. The van der Waals surface area contributed by atoms with Gasteiger partial charge in [-0.15, -0.1) is 17.9 Å². The van der Waals surface area contributed by atoms with E-state index in [2.05, 4.69) is 288 Å². The van der Waals surface area contributed by atoms with Crippen LogP contribution in [0.5, 0.6) is 23.0 Å². The van der Waals surface area contributed by atoms with E-state index in [-0.39, 0.29) is 55.4 Å². The summed E-state index contributed by atoms with van der Waals surface area (Å²) < 4.78 is 37.6. The molecule has 1 unspecified atom stereocenters. The van der Waals surface area contributed by atoms with Crippen molar-refractivity contribution in [2.24, 2.45) is 40.0 Å². The van der Waals surface area contributed by atoms with E-state index in [1.165, 1.54) is 51.4 Å². The van der Waals surface area contributed by atoms with Gasteiger partial charge in [0.25, 0.3) is 11.1 Å². The van der Waals surface area contributed by atoms with Crippen LogP contribution in [0.4, 0.5) is 5.69 Å². The summed E-state index contributed by atoms with van der Waals surface area (Å²) >= 11 is 1.73. The molecular weight excluding hydrogens is 1600 g/mol. The summed E-state index contributed by atoms with van der Waals surface area (Å²) in [6.07, 6.45) is 18.3.